The van der Waals surface area contributed by atoms with E-state index in [-0.39, 0.29) is 0 Å². The van der Waals surface area contributed by atoms with Gasteiger partial charge in [0.25, 0.3) is 0 Å². The predicted molar refractivity (Wildman–Crippen MR) is 116 cm³/mol. The fourth-order valence-electron chi connectivity index (χ4n) is 2.91. The Morgan fingerprint density at radius 3 is 1.54 bits per heavy atom. The summed E-state index contributed by atoms with van der Waals surface area (Å²) in [4.78, 5) is 14.0. The van der Waals surface area contributed by atoms with E-state index in [0.29, 0.717) is 0 Å². The molecule has 0 fully saturated rings. The zero-order valence-electron chi connectivity index (χ0n) is 17.3. The maximum atomic E-state index is 4.57. The number of rotatable bonds is 14. The molecular weight excluding hydrogens is 320 g/mol. The molecule has 4 heteroatoms. The minimum atomic E-state index is 0.889. The molecule has 0 atom stereocenters. The fraction of sp³-hybridized carbons (Fsp3) is 0.636. The smallest absolute Gasteiger partial charge is 0.0401 e. The highest BCUT2D eigenvalue weighted by Crippen LogP contribution is 2.02. The first-order valence-electron chi connectivity index (χ1n) is 10.3. The van der Waals surface area contributed by atoms with E-state index in [1.54, 1.807) is 0 Å². The maximum absolute atomic E-state index is 4.57. The van der Waals surface area contributed by atoms with E-state index < -0.39 is 0 Å². The minimum absolute atomic E-state index is 0.889. The van der Waals surface area contributed by atoms with Gasteiger partial charge in [-0.25, -0.2) is 0 Å². The molecular formula is C22H38N4. The first kappa shape index (κ1) is 22.5. The highest BCUT2D eigenvalue weighted by Gasteiger charge is 1.98. The Kier molecular flexibility index (Phi) is 12.7. The SMILES string of the molecule is CCN(CC)CCCN=Cc1cccc(C=NCCCN(CC)CC)c1. The summed E-state index contributed by atoms with van der Waals surface area (Å²) in [5, 5.41) is 0. The van der Waals surface area contributed by atoms with E-state index in [4.69, 9.17) is 0 Å². The lowest BCUT2D eigenvalue weighted by Gasteiger charge is -2.16. The lowest BCUT2D eigenvalue weighted by atomic mass is 10.1. The summed E-state index contributed by atoms with van der Waals surface area (Å²) >= 11 is 0. The second kappa shape index (κ2) is 14.6. The van der Waals surface area contributed by atoms with Crippen LogP contribution in [0, 0.1) is 0 Å². The summed E-state index contributed by atoms with van der Waals surface area (Å²) in [5.74, 6) is 0. The monoisotopic (exact) mass is 358 g/mol. The molecule has 0 aliphatic carbocycles. The van der Waals surface area contributed by atoms with Crippen LogP contribution in [-0.4, -0.2) is 74.6 Å². The van der Waals surface area contributed by atoms with Gasteiger partial charge in [-0.2, -0.15) is 0 Å². The van der Waals surface area contributed by atoms with Crippen LogP contribution in [0.4, 0.5) is 0 Å². The number of hydrogen-bond donors (Lipinski definition) is 0. The fourth-order valence-corrected chi connectivity index (χ4v) is 2.91. The summed E-state index contributed by atoms with van der Waals surface area (Å²) in [6, 6.07) is 8.44. The molecule has 1 aromatic carbocycles. The van der Waals surface area contributed by atoms with Crippen LogP contribution in [0.2, 0.25) is 0 Å². The van der Waals surface area contributed by atoms with Gasteiger partial charge in [-0.15, -0.1) is 0 Å². The molecule has 1 rings (SSSR count). The van der Waals surface area contributed by atoms with Crippen LogP contribution >= 0.6 is 0 Å². The summed E-state index contributed by atoms with van der Waals surface area (Å²) in [7, 11) is 0. The molecule has 0 radical (unpaired) electrons. The Morgan fingerprint density at radius 1 is 0.731 bits per heavy atom. The highest BCUT2D eigenvalue weighted by molar-refractivity contribution is 5.86. The average Bonchev–Trinajstić information content (AvgIpc) is 2.68. The van der Waals surface area contributed by atoms with Crippen LogP contribution in [0.1, 0.15) is 51.7 Å². The van der Waals surface area contributed by atoms with Crippen molar-refractivity contribution in [3.05, 3.63) is 35.4 Å². The van der Waals surface area contributed by atoms with Crippen molar-refractivity contribution < 1.29 is 0 Å². The van der Waals surface area contributed by atoms with Gasteiger partial charge in [-0.3, -0.25) is 9.98 Å². The third-order valence-electron chi connectivity index (χ3n) is 4.70. The van der Waals surface area contributed by atoms with Crippen molar-refractivity contribution in [1.29, 1.82) is 0 Å². The number of nitrogens with zero attached hydrogens (tertiary/aromatic N) is 4. The van der Waals surface area contributed by atoms with Crippen LogP contribution in [0.25, 0.3) is 0 Å². The van der Waals surface area contributed by atoms with E-state index >= 15 is 0 Å². The molecule has 0 N–H and O–H groups in total. The second-order valence-electron chi connectivity index (χ2n) is 6.50. The summed E-state index contributed by atoms with van der Waals surface area (Å²) in [6.07, 6.45) is 6.21. The first-order chi connectivity index (χ1) is 12.7. The standard InChI is InChI=1S/C22H38N4/c1-5-25(6-2)16-10-14-23-19-21-12-9-13-22(18-21)20-24-15-11-17-26(7-3)8-4/h9,12-13,18-20H,5-8,10-11,14-17H2,1-4H3. The Morgan fingerprint density at radius 2 is 1.15 bits per heavy atom. The molecule has 26 heavy (non-hydrogen) atoms. The van der Waals surface area contributed by atoms with Crippen molar-refractivity contribution in [2.45, 2.75) is 40.5 Å². The van der Waals surface area contributed by atoms with Gasteiger partial charge >= 0.3 is 0 Å². The quantitative estimate of drug-likeness (QED) is 0.372. The van der Waals surface area contributed by atoms with Gasteiger partial charge in [0.2, 0.25) is 0 Å². The van der Waals surface area contributed by atoms with Gasteiger partial charge in [0.1, 0.15) is 0 Å². The number of benzene rings is 1. The van der Waals surface area contributed by atoms with Gasteiger partial charge in [0.05, 0.1) is 0 Å². The van der Waals surface area contributed by atoms with Crippen molar-refractivity contribution in [3.8, 4) is 0 Å². The molecule has 0 bridgehead atoms. The lowest BCUT2D eigenvalue weighted by molar-refractivity contribution is 0.302. The van der Waals surface area contributed by atoms with Crippen LogP contribution in [0.3, 0.4) is 0 Å². The predicted octanol–water partition coefficient (Wildman–Crippen LogP) is 3.99. The molecule has 0 aliphatic rings. The van der Waals surface area contributed by atoms with E-state index in [9.17, 15) is 0 Å². The van der Waals surface area contributed by atoms with Gasteiger partial charge in [0.15, 0.2) is 0 Å². The zero-order chi connectivity index (χ0) is 19.0. The molecule has 146 valence electrons. The molecule has 0 unspecified atom stereocenters. The van der Waals surface area contributed by atoms with Gasteiger partial charge in [0, 0.05) is 25.5 Å². The van der Waals surface area contributed by atoms with Crippen LogP contribution in [-0.2, 0) is 0 Å². The van der Waals surface area contributed by atoms with Crippen LogP contribution in [0.15, 0.2) is 34.3 Å². The molecule has 1 aromatic rings. The van der Waals surface area contributed by atoms with Crippen molar-refractivity contribution >= 4 is 12.4 Å². The summed E-state index contributed by atoms with van der Waals surface area (Å²) in [6.45, 7) is 17.4. The third kappa shape index (κ3) is 9.83. The average molecular weight is 359 g/mol. The normalized spacial score (nSPS) is 12.2. The maximum Gasteiger partial charge on any atom is 0.0401 e. The topological polar surface area (TPSA) is 31.2 Å². The molecule has 0 heterocycles. The van der Waals surface area contributed by atoms with Crippen molar-refractivity contribution in [3.63, 3.8) is 0 Å². The Balaban J connectivity index is 2.35. The van der Waals surface area contributed by atoms with Crippen LogP contribution in [0.5, 0.6) is 0 Å². The minimum Gasteiger partial charge on any atom is -0.304 e. The molecule has 0 saturated heterocycles. The van der Waals surface area contributed by atoms with E-state index in [0.717, 1.165) is 76.3 Å². The van der Waals surface area contributed by atoms with E-state index in [1.165, 1.54) is 0 Å². The Hall–Kier alpha value is -1.52. The molecule has 0 aliphatic heterocycles. The van der Waals surface area contributed by atoms with E-state index in [1.807, 2.05) is 12.4 Å². The summed E-state index contributed by atoms with van der Waals surface area (Å²) < 4.78 is 0. The zero-order valence-corrected chi connectivity index (χ0v) is 17.3. The van der Waals surface area contributed by atoms with Crippen LogP contribution < -0.4 is 0 Å². The molecule has 4 nitrogen and oxygen atoms in total. The highest BCUT2D eigenvalue weighted by atomic mass is 15.1. The number of hydrogen-bond acceptors (Lipinski definition) is 4. The lowest BCUT2D eigenvalue weighted by Crippen LogP contribution is -2.24. The molecule has 0 amide bonds. The largest absolute Gasteiger partial charge is 0.304 e. The van der Waals surface area contributed by atoms with Gasteiger partial charge in [-0.05, 0) is 69.3 Å². The van der Waals surface area contributed by atoms with Crippen molar-refractivity contribution in [2.24, 2.45) is 9.98 Å². The van der Waals surface area contributed by atoms with Gasteiger partial charge in [-0.1, -0.05) is 45.9 Å². The molecule has 0 aromatic heterocycles. The van der Waals surface area contributed by atoms with Crippen molar-refractivity contribution in [1.82, 2.24) is 9.80 Å². The third-order valence-corrected chi connectivity index (χ3v) is 4.70. The Labute approximate surface area is 161 Å². The number of aliphatic imine (C=N–C) groups is 2. The van der Waals surface area contributed by atoms with Gasteiger partial charge < -0.3 is 9.80 Å². The van der Waals surface area contributed by atoms with Crippen molar-refractivity contribution in [2.75, 3.05) is 52.4 Å². The first-order valence-corrected chi connectivity index (χ1v) is 10.3. The second-order valence-corrected chi connectivity index (χ2v) is 6.50. The summed E-state index contributed by atoms with van der Waals surface area (Å²) in [5.41, 5.74) is 2.31. The molecule has 0 spiro atoms. The van der Waals surface area contributed by atoms with E-state index in [2.05, 4.69) is 71.7 Å². The molecule has 0 saturated carbocycles. The Bertz CT molecular complexity index is 473.